The maximum absolute atomic E-state index is 11.8. The monoisotopic (exact) mass is 236 g/mol. The van der Waals surface area contributed by atoms with Crippen molar-refractivity contribution in [3.05, 3.63) is 28.1 Å². The molecule has 0 radical (unpaired) electrons. The number of H-pyrrole nitrogens is 1. The minimum absolute atomic E-state index is 0.0900. The fourth-order valence-electron chi connectivity index (χ4n) is 2.48. The molecule has 0 spiro atoms. The number of fused-ring (bicyclic) bond motifs is 1. The second-order valence-electron chi connectivity index (χ2n) is 4.51. The summed E-state index contributed by atoms with van der Waals surface area (Å²) in [6.07, 6.45) is 1.23. The predicted molar refractivity (Wildman–Crippen MR) is 58.6 cm³/mol. The van der Waals surface area contributed by atoms with Crippen molar-refractivity contribution in [3.8, 4) is 0 Å². The summed E-state index contributed by atoms with van der Waals surface area (Å²) >= 11 is 0. The van der Waals surface area contributed by atoms with E-state index in [-0.39, 0.29) is 23.3 Å². The van der Waals surface area contributed by atoms with Crippen LogP contribution < -0.4 is 10.6 Å². The van der Waals surface area contributed by atoms with E-state index in [0.717, 1.165) is 13.1 Å². The summed E-state index contributed by atoms with van der Waals surface area (Å²) < 4.78 is 0. The Morgan fingerprint density at radius 2 is 2.18 bits per heavy atom. The van der Waals surface area contributed by atoms with Crippen LogP contribution in [-0.4, -0.2) is 34.9 Å². The van der Waals surface area contributed by atoms with Gasteiger partial charge in [0.25, 0.3) is 11.6 Å². The quantitative estimate of drug-likeness (QED) is 0.502. The summed E-state index contributed by atoms with van der Waals surface area (Å²) in [6, 6.07) is 1.48. The first-order chi connectivity index (χ1) is 8.16. The van der Waals surface area contributed by atoms with Gasteiger partial charge in [0.1, 0.15) is 5.69 Å². The minimum Gasteiger partial charge on any atom is -0.351 e. The molecular formula is C10H12N4O3. The first kappa shape index (κ1) is 10.3. The third kappa shape index (κ3) is 1.68. The molecule has 2 unspecified atom stereocenters. The van der Waals surface area contributed by atoms with Crippen LogP contribution in [0.3, 0.4) is 0 Å². The van der Waals surface area contributed by atoms with Gasteiger partial charge in [0.15, 0.2) is 0 Å². The van der Waals surface area contributed by atoms with Gasteiger partial charge in [0, 0.05) is 25.2 Å². The largest absolute Gasteiger partial charge is 0.351 e. The van der Waals surface area contributed by atoms with Crippen LogP contribution in [0.4, 0.5) is 5.69 Å². The molecule has 1 aromatic rings. The van der Waals surface area contributed by atoms with Crippen LogP contribution in [-0.2, 0) is 0 Å². The lowest BCUT2D eigenvalue weighted by molar-refractivity contribution is -0.384. The molecule has 1 amide bonds. The standard InChI is InChI=1S/C10H12N4O3/c15-10(8-1-5(2-12-8)14(16)17)13-9-6-3-11-4-7(6)9/h1-2,6-7,9,11-12H,3-4H2,(H,13,15). The molecule has 2 fully saturated rings. The van der Waals surface area contributed by atoms with Crippen molar-refractivity contribution in [2.45, 2.75) is 6.04 Å². The number of nitro groups is 1. The Bertz CT molecular complexity index is 474. The molecule has 3 N–H and O–H groups in total. The Morgan fingerprint density at radius 3 is 2.76 bits per heavy atom. The van der Waals surface area contributed by atoms with E-state index in [4.69, 9.17) is 0 Å². The molecule has 90 valence electrons. The molecule has 0 bridgehead atoms. The average molecular weight is 236 g/mol. The highest BCUT2D eigenvalue weighted by molar-refractivity contribution is 5.93. The number of aromatic nitrogens is 1. The molecule has 17 heavy (non-hydrogen) atoms. The Morgan fingerprint density at radius 1 is 1.47 bits per heavy atom. The SMILES string of the molecule is O=C(NC1C2CNCC21)c1cc([N+](=O)[O-])c[nH]1. The van der Waals surface area contributed by atoms with Crippen molar-refractivity contribution in [1.82, 2.24) is 15.6 Å². The maximum Gasteiger partial charge on any atom is 0.287 e. The molecule has 2 aliphatic rings. The number of carbonyl (C=O) groups excluding carboxylic acids is 1. The number of amides is 1. The smallest absolute Gasteiger partial charge is 0.287 e. The lowest BCUT2D eigenvalue weighted by Crippen LogP contribution is -2.32. The van der Waals surface area contributed by atoms with E-state index in [0.29, 0.717) is 11.8 Å². The Balaban J connectivity index is 1.64. The van der Waals surface area contributed by atoms with Gasteiger partial charge in [-0.3, -0.25) is 14.9 Å². The van der Waals surface area contributed by atoms with E-state index in [1.165, 1.54) is 12.3 Å². The molecule has 1 saturated heterocycles. The zero-order valence-electron chi connectivity index (χ0n) is 8.97. The van der Waals surface area contributed by atoms with E-state index in [9.17, 15) is 14.9 Å². The second kappa shape index (κ2) is 3.56. The number of nitrogens with zero attached hydrogens (tertiary/aromatic N) is 1. The van der Waals surface area contributed by atoms with Gasteiger partial charge in [0.2, 0.25) is 0 Å². The lowest BCUT2D eigenvalue weighted by atomic mass is 10.3. The van der Waals surface area contributed by atoms with Crippen LogP contribution in [0.15, 0.2) is 12.3 Å². The molecule has 1 aromatic heterocycles. The van der Waals surface area contributed by atoms with Gasteiger partial charge in [-0.05, 0) is 11.8 Å². The third-order valence-electron chi connectivity index (χ3n) is 3.51. The Hall–Kier alpha value is -1.89. The van der Waals surface area contributed by atoms with Gasteiger partial charge < -0.3 is 15.6 Å². The Labute approximate surface area is 96.7 Å². The summed E-state index contributed by atoms with van der Waals surface area (Å²) in [5.41, 5.74) is 0.155. The van der Waals surface area contributed by atoms with Gasteiger partial charge in [-0.2, -0.15) is 0 Å². The number of aromatic amines is 1. The number of carbonyl (C=O) groups is 1. The summed E-state index contributed by atoms with van der Waals surface area (Å²) in [5, 5.41) is 16.6. The zero-order chi connectivity index (χ0) is 12.0. The number of hydrogen-bond donors (Lipinski definition) is 3. The lowest BCUT2D eigenvalue weighted by Gasteiger charge is -2.05. The average Bonchev–Trinajstić information content (AvgIpc) is 2.82. The van der Waals surface area contributed by atoms with E-state index >= 15 is 0 Å². The molecular weight excluding hydrogens is 224 g/mol. The van der Waals surface area contributed by atoms with Crippen molar-refractivity contribution >= 4 is 11.6 Å². The van der Waals surface area contributed by atoms with Crippen LogP contribution in [0, 0.1) is 22.0 Å². The molecule has 2 atom stereocenters. The molecule has 0 aromatic carbocycles. The van der Waals surface area contributed by atoms with Crippen molar-refractivity contribution in [2.75, 3.05) is 13.1 Å². The minimum atomic E-state index is -0.525. The van der Waals surface area contributed by atoms with Gasteiger partial charge >= 0.3 is 0 Å². The topological polar surface area (TPSA) is 100 Å². The summed E-state index contributed by atoms with van der Waals surface area (Å²) in [7, 11) is 0. The molecule has 1 saturated carbocycles. The van der Waals surface area contributed by atoms with Crippen LogP contribution >= 0.6 is 0 Å². The number of hydrogen-bond acceptors (Lipinski definition) is 4. The predicted octanol–water partition coefficient (Wildman–Crippen LogP) is -0.130. The Kier molecular flexibility index (Phi) is 2.15. The zero-order valence-corrected chi connectivity index (χ0v) is 8.97. The molecule has 3 rings (SSSR count). The van der Waals surface area contributed by atoms with Gasteiger partial charge in [-0.15, -0.1) is 0 Å². The highest BCUT2D eigenvalue weighted by Gasteiger charge is 2.53. The normalized spacial score (nSPS) is 29.8. The molecule has 1 aliphatic carbocycles. The molecule has 2 heterocycles. The van der Waals surface area contributed by atoms with Crippen molar-refractivity contribution in [2.24, 2.45) is 11.8 Å². The second-order valence-corrected chi connectivity index (χ2v) is 4.51. The molecule has 7 heteroatoms. The van der Waals surface area contributed by atoms with Crippen molar-refractivity contribution in [1.29, 1.82) is 0 Å². The van der Waals surface area contributed by atoms with E-state index < -0.39 is 4.92 Å². The van der Waals surface area contributed by atoms with E-state index in [1.807, 2.05) is 0 Å². The van der Waals surface area contributed by atoms with E-state index in [1.54, 1.807) is 0 Å². The van der Waals surface area contributed by atoms with Crippen molar-refractivity contribution in [3.63, 3.8) is 0 Å². The highest BCUT2D eigenvalue weighted by Crippen LogP contribution is 2.41. The third-order valence-corrected chi connectivity index (χ3v) is 3.51. The van der Waals surface area contributed by atoms with Crippen molar-refractivity contribution < 1.29 is 9.72 Å². The van der Waals surface area contributed by atoms with E-state index in [2.05, 4.69) is 15.6 Å². The first-order valence-corrected chi connectivity index (χ1v) is 5.51. The van der Waals surface area contributed by atoms with Crippen LogP contribution in [0.1, 0.15) is 10.5 Å². The fourth-order valence-corrected chi connectivity index (χ4v) is 2.48. The first-order valence-electron chi connectivity index (χ1n) is 5.51. The maximum atomic E-state index is 11.8. The van der Waals surface area contributed by atoms with Crippen LogP contribution in [0.2, 0.25) is 0 Å². The fraction of sp³-hybridized carbons (Fsp3) is 0.500. The van der Waals surface area contributed by atoms with Crippen LogP contribution in [0.25, 0.3) is 0 Å². The summed E-state index contributed by atoms with van der Waals surface area (Å²) in [6.45, 7) is 1.89. The number of rotatable bonds is 3. The van der Waals surface area contributed by atoms with Gasteiger partial charge in [-0.1, -0.05) is 0 Å². The molecule has 1 aliphatic heterocycles. The number of nitrogens with one attached hydrogen (secondary N) is 3. The number of piperidine rings is 1. The highest BCUT2D eigenvalue weighted by atomic mass is 16.6. The van der Waals surface area contributed by atoms with Crippen LogP contribution in [0.5, 0.6) is 0 Å². The summed E-state index contributed by atoms with van der Waals surface area (Å²) in [5.74, 6) is 0.797. The summed E-state index contributed by atoms with van der Waals surface area (Å²) in [4.78, 5) is 24.3. The van der Waals surface area contributed by atoms with Gasteiger partial charge in [0.05, 0.1) is 11.1 Å². The molecule has 7 nitrogen and oxygen atoms in total. The van der Waals surface area contributed by atoms with Gasteiger partial charge in [-0.25, -0.2) is 0 Å².